The molecule has 6 aromatic carbocycles. The molecule has 0 saturated carbocycles. The molecule has 0 radical (unpaired) electrons. The zero-order valence-electron chi connectivity index (χ0n) is 32.0. The average Bonchev–Trinajstić information content (AvgIpc) is 3.69. The van der Waals surface area contributed by atoms with Crippen molar-refractivity contribution in [2.24, 2.45) is 0 Å². The minimum atomic E-state index is 0.919. The average molecular weight is 773 g/mol. The van der Waals surface area contributed by atoms with Crippen LogP contribution in [0, 0.1) is 23.7 Å². The van der Waals surface area contributed by atoms with Crippen LogP contribution >= 0.6 is 11.3 Å². The maximum absolute atomic E-state index is 4.33. The quantitative estimate of drug-likeness (QED) is 0.144. The third-order valence-electron chi connectivity index (χ3n) is 9.80. The van der Waals surface area contributed by atoms with Gasteiger partial charge in [-0.1, -0.05) is 84.6 Å². The van der Waals surface area contributed by atoms with Crippen LogP contribution in [0.5, 0.6) is 0 Å². The number of nitrogens with zero attached hydrogens (tertiary/aromatic N) is 4. The molecule has 0 aliphatic heterocycles. The Balaban J connectivity index is 1.09. The fourth-order valence-electron chi connectivity index (χ4n) is 7.04. The molecule has 0 bridgehead atoms. The summed E-state index contributed by atoms with van der Waals surface area (Å²) in [6, 6.07) is 66.7. The molecule has 4 nitrogen and oxygen atoms in total. The lowest BCUT2D eigenvalue weighted by Gasteiger charge is -2.25. The first-order chi connectivity index (χ1) is 29.3. The highest BCUT2D eigenvalue weighted by atomic mass is 32.1. The van der Waals surface area contributed by atoms with Crippen molar-refractivity contribution in [3.05, 3.63) is 240 Å². The van der Waals surface area contributed by atoms with Crippen molar-refractivity contribution in [1.29, 1.82) is 0 Å². The number of hydrogen-bond donors (Lipinski definition) is 0. The Kier molecular flexibility index (Phi) is 10.8. The molecule has 0 spiro atoms. The van der Waals surface area contributed by atoms with Crippen molar-refractivity contribution in [1.82, 2.24) is 9.97 Å². The molecule has 0 unspecified atom stereocenters. The van der Waals surface area contributed by atoms with Gasteiger partial charge in [-0.15, -0.1) is 11.3 Å². The maximum Gasteiger partial charge on any atom is 0.0870 e. The van der Waals surface area contributed by atoms with E-state index >= 15 is 0 Å². The molecule has 0 atom stereocenters. The summed E-state index contributed by atoms with van der Waals surface area (Å²) < 4.78 is 0. The van der Waals surface area contributed by atoms with Crippen LogP contribution in [0.25, 0.3) is 22.3 Å². The lowest BCUT2D eigenvalue weighted by atomic mass is 9.96. The molecule has 3 heterocycles. The molecule has 5 heteroatoms. The van der Waals surface area contributed by atoms with Crippen molar-refractivity contribution in [2.75, 3.05) is 9.80 Å². The predicted octanol–water partition coefficient (Wildman–Crippen LogP) is 13.6. The highest BCUT2D eigenvalue weighted by Crippen LogP contribution is 2.43. The monoisotopic (exact) mass is 772 g/mol. The second-order valence-corrected chi connectivity index (χ2v) is 14.6. The van der Waals surface area contributed by atoms with E-state index in [-0.39, 0.29) is 0 Å². The van der Waals surface area contributed by atoms with Gasteiger partial charge in [0.2, 0.25) is 0 Å². The molecule has 0 N–H and O–H groups in total. The molecule has 0 amide bonds. The molecular weight excluding hydrogens is 737 g/mol. The first kappa shape index (κ1) is 36.7. The second-order valence-electron chi connectivity index (χ2n) is 13.6. The molecule has 0 aliphatic rings. The van der Waals surface area contributed by atoms with Crippen molar-refractivity contribution in [2.45, 2.75) is 0 Å². The van der Waals surface area contributed by atoms with E-state index in [1.54, 1.807) is 11.3 Å². The van der Waals surface area contributed by atoms with Gasteiger partial charge in [0.05, 0.1) is 9.75 Å². The Morgan fingerprint density at radius 2 is 0.593 bits per heavy atom. The maximum atomic E-state index is 4.33. The van der Waals surface area contributed by atoms with Gasteiger partial charge in [-0.3, -0.25) is 9.97 Å². The fourth-order valence-corrected chi connectivity index (χ4v) is 8.10. The van der Waals surface area contributed by atoms with Crippen LogP contribution in [0.1, 0.15) is 20.9 Å². The van der Waals surface area contributed by atoms with Crippen LogP contribution in [0.2, 0.25) is 0 Å². The first-order valence-corrected chi connectivity index (χ1v) is 20.1. The highest BCUT2D eigenvalue weighted by molar-refractivity contribution is 7.14. The van der Waals surface area contributed by atoms with Crippen molar-refractivity contribution in [3.63, 3.8) is 0 Å². The number of rotatable bonds is 8. The molecule has 9 aromatic rings. The lowest BCUT2D eigenvalue weighted by Crippen LogP contribution is -2.09. The summed E-state index contributed by atoms with van der Waals surface area (Å²) in [5, 5.41) is 0. The number of hydrogen-bond acceptors (Lipinski definition) is 5. The summed E-state index contributed by atoms with van der Waals surface area (Å²) in [4.78, 5) is 15.0. The van der Waals surface area contributed by atoms with E-state index in [4.69, 9.17) is 0 Å². The van der Waals surface area contributed by atoms with Gasteiger partial charge in [0.25, 0.3) is 0 Å². The summed E-state index contributed by atoms with van der Waals surface area (Å²) in [7, 11) is 0. The van der Waals surface area contributed by atoms with Gasteiger partial charge in [0.15, 0.2) is 0 Å². The SMILES string of the molecule is C(#Cc1sc(C#Cc2ccc(N(c3ccccc3)c3ccccc3)cc2)c(-c2ccncc2)c1-c1ccncc1)c1ccc(N(c2ccccc2)c2ccccc2)cc1. The second kappa shape index (κ2) is 17.5. The summed E-state index contributed by atoms with van der Waals surface area (Å²) in [6.07, 6.45) is 7.30. The summed E-state index contributed by atoms with van der Waals surface area (Å²) in [6.45, 7) is 0. The summed E-state index contributed by atoms with van der Waals surface area (Å²) >= 11 is 1.61. The van der Waals surface area contributed by atoms with Gasteiger partial charge in [0.1, 0.15) is 0 Å². The van der Waals surface area contributed by atoms with E-state index in [0.29, 0.717) is 0 Å². The van der Waals surface area contributed by atoms with Crippen LogP contribution < -0.4 is 9.80 Å². The van der Waals surface area contributed by atoms with Gasteiger partial charge >= 0.3 is 0 Å². The van der Waals surface area contributed by atoms with Crippen LogP contribution in [0.15, 0.2) is 219 Å². The van der Waals surface area contributed by atoms with Gasteiger partial charge in [-0.25, -0.2) is 0 Å². The number of thiophene rings is 1. The number of pyridine rings is 2. The Bertz CT molecular complexity index is 2610. The molecule has 0 saturated heterocycles. The van der Waals surface area contributed by atoms with E-state index in [1.807, 2.05) is 73.3 Å². The van der Waals surface area contributed by atoms with E-state index in [2.05, 4.69) is 189 Å². The third-order valence-corrected chi connectivity index (χ3v) is 10.8. The minimum Gasteiger partial charge on any atom is -0.311 e. The van der Waals surface area contributed by atoms with Gasteiger partial charge in [-0.05, 0) is 144 Å². The van der Waals surface area contributed by atoms with E-state index < -0.39 is 0 Å². The van der Waals surface area contributed by atoms with Gasteiger partial charge in [0, 0.05) is 81.2 Å². The minimum absolute atomic E-state index is 0.919. The highest BCUT2D eigenvalue weighted by Gasteiger charge is 2.20. The van der Waals surface area contributed by atoms with Crippen molar-refractivity contribution >= 4 is 45.5 Å². The molecule has 0 fully saturated rings. The van der Waals surface area contributed by atoms with Gasteiger partial charge < -0.3 is 9.80 Å². The van der Waals surface area contributed by atoms with E-state index in [1.165, 1.54) is 0 Å². The topological polar surface area (TPSA) is 32.3 Å². The number of para-hydroxylation sites is 4. The zero-order chi connectivity index (χ0) is 39.6. The van der Waals surface area contributed by atoms with E-state index in [9.17, 15) is 0 Å². The summed E-state index contributed by atoms with van der Waals surface area (Å²) in [5.74, 6) is 14.1. The van der Waals surface area contributed by atoms with Gasteiger partial charge in [-0.2, -0.15) is 0 Å². The Morgan fingerprint density at radius 3 is 0.898 bits per heavy atom. The smallest absolute Gasteiger partial charge is 0.0870 e. The first-order valence-electron chi connectivity index (χ1n) is 19.3. The van der Waals surface area contributed by atoms with Crippen molar-refractivity contribution in [3.8, 4) is 45.9 Å². The Hall–Kier alpha value is -7.96. The lowest BCUT2D eigenvalue weighted by molar-refractivity contribution is 1.28. The molecule has 278 valence electrons. The molecule has 59 heavy (non-hydrogen) atoms. The number of benzene rings is 6. The molecular formula is C54H36N4S. The summed E-state index contributed by atoms with van der Waals surface area (Å²) in [5.41, 5.74) is 12.4. The van der Waals surface area contributed by atoms with Crippen LogP contribution in [0.3, 0.4) is 0 Å². The predicted molar refractivity (Wildman–Crippen MR) is 245 cm³/mol. The Labute approximate surface area is 349 Å². The fraction of sp³-hybridized carbons (Fsp3) is 0. The molecule has 9 rings (SSSR count). The van der Waals surface area contributed by atoms with Crippen LogP contribution in [0.4, 0.5) is 34.1 Å². The normalized spacial score (nSPS) is 10.4. The third kappa shape index (κ3) is 8.29. The number of anilines is 6. The standard InChI is InChI=1S/C54H36N4S/c1-5-13-45(14-6-1)57(46-15-7-2-8-16-46)49-27-21-41(22-28-49)25-31-51-53(43-33-37-55-38-34-43)54(44-35-39-56-40-36-44)52(59-51)32-26-42-23-29-50(30-24-42)58(47-17-9-3-10-18-47)48-19-11-4-12-20-48/h1-24,27-30,33-40H. The zero-order valence-corrected chi connectivity index (χ0v) is 32.8. The van der Waals surface area contributed by atoms with E-state index in [0.717, 1.165) is 77.3 Å². The Morgan fingerprint density at radius 1 is 0.305 bits per heavy atom. The van der Waals surface area contributed by atoms with Crippen LogP contribution in [-0.2, 0) is 0 Å². The largest absolute Gasteiger partial charge is 0.311 e. The number of aromatic nitrogens is 2. The molecule has 3 aromatic heterocycles. The van der Waals surface area contributed by atoms with Crippen LogP contribution in [-0.4, -0.2) is 9.97 Å². The molecule has 0 aliphatic carbocycles. The van der Waals surface area contributed by atoms with Crippen molar-refractivity contribution < 1.29 is 0 Å².